The van der Waals surface area contributed by atoms with E-state index in [1.165, 1.54) is 0 Å². The van der Waals surface area contributed by atoms with Crippen molar-refractivity contribution in [3.63, 3.8) is 0 Å². The molecule has 0 saturated carbocycles. The van der Waals surface area contributed by atoms with Crippen molar-refractivity contribution in [3.8, 4) is 11.5 Å². The number of hydrogen-bond donors (Lipinski definition) is 0. The maximum atomic E-state index is 13.0. The summed E-state index contributed by atoms with van der Waals surface area (Å²) >= 11 is 6.01. The van der Waals surface area contributed by atoms with Crippen LogP contribution < -0.4 is 9.47 Å². The van der Waals surface area contributed by atoms with Gasteiger partial charge in [0.1, 0.15) is 17.1 Å². The lowest BCUT2D eigenvalue weighted by molar-refractivity contribution is 0.0702. The summed E-state index contributed by atoms with van der Waals surface area (Å²) in [4.78, 5) is 25.8. The number of esters is 1. The van der Waals surface area contributed by atoms with Gasteiger partial charge in [-0.15, -0.1) is 0 Å². The number of hydrogen-bond acceptors (Lipinski definition) is 5. The van der Waals surface area contributed by atoms with Crippen molar-refractivity contribution in [2.24, 2.45) is 7.05 Å². The predicted octanol–water partition coefficient (Wildman–Crippen LogP) is 6.72. The molecule has 0 amide bonds. The highest BCUT2D eigenvalue weighted by Gasteiger charge is 2.31. The van der Waals surface area contributed by atoms with E-state index in [0.717, 1.165) is 16.5 Å². The van der Waals surface area contributed by atoms with E-state index >= 15 is 0 Å². The molecule has 3 aromatic carbocycles. The van der Waals surface area contributed by atoms with Crippen molar-refractivity contribution in [2.45, 2.75) is 6.92 Å². The van der Waals surface area contributed by atoms with E-state index in [1.807, 2.05) is 42.1 Å². The minimum atomic E-state index is -0.656. The second kappa shape index (κ2) is 7.89. The fraction of sp³-hybridized carbons (Fsp3) is 0.0714. The van der Waals surface area contributed by atoms with E-state index in [2.05, 4.69) is 0 Å². The molecular weight excluding hydrogens is 466 g/mol. The number of rotatable bonds is 3. The molecule has 1 aliphatic rings. The Morgan fingerprint density at radius 2 is 1.91 bits per heavy atom. The van der Waals surface area contributed by atoms with E-state index in [9.17, 15) is 9.59 Å². The molecule has 7 heteroatoms. The number of allylic oxidation sites excluding steroid dienone is 1. The number of para-hydroxylation sites is 1. The first-order valence-electron chi connectivity index (χ1n) is 10.9. The summed E-state index contributed by atoms with van der Waals surface area (Å²) in [6, 6.07) is 17.8. The van der Waals surface area contributed by atoms with Gasteiger partial charge in [0.05, 0.1) is 5.56 Å². The monoisotopic (exact) mass is 483 g/mol. The molecule has 5 aromatic rings. The molecular formula is C28H18ClNO5. The number of aryl methyl sites for hydroxylation is 1. The van der Waals surface area contributed by atoms with Gasteiger partial charge in [-0.3, -0.25) is 4.79 Å². The number of fused-ring (bicyclic) bond motifs is 3. The fourth-order valence-corrected chi connectivity index (χ4v) is 4.55. The zero-order valence-corrected chi connectivity index (χ0v) is 19.6. The minimum Gasteiger partial charge on any atom is -0.452 e. The third-order valence-electron chi connectivity index (χ3n) is 6.13. The smallest absolute Gasteiger partial charge is 0.379 e. The van der Waals surface area contributed by atoms with Gasteiger partial charge in [-0.2, -0.15) is 0 Å². The number of nitrogens with zero attached hydrogens (tertiary/aromatic N) is 1. The minimum absolute atomic E-state index is 0.0516. The summed E-state index contributed by atoms with van der Waals surface area (Å²) in [7, 11) is 1.96. The largest absolute Gasteiger partial charge is 0.452 e. The van der Waals surface area contributed by atoms with Gasteiger partial charge in [-0.1, -0.05) is 29.8 Å². The maximum absolute atomic E-state index is 13.0. The van der Waals surface area contributed by atoms with E-state index in [1.54, 1.807) is 49.4 Å². The molecule has 0 aliphatic carbocycles. The summed E-state index contributed by atoms with van der Waals surface area (Å²) in [6.07, 6.45) is 3.70. The van der Waals surface area contributed by atoms with Crippen LogP contribution >= 0.6 is 11.6 Å². The number of carbonyl (C=O) groups excluding carboxylic acids is 2. The molecule has 3 heterocycles. The Labute approximate surface area is 204 Å². The molecule has 6 rings (SSSR count). The number of carbonyl (C=O) groups is 2. The first-order valence-corrected chi connectivity index (χ1v) is 11.3. The molecule has 0 bridgehead atoms. The average molecular weight is 484 g/mol. The molecule has 1 aliphatic heterocycles. The van der Waals surface area contributed by atoms with Crippen LogP contribution in [0.25, 0.3) is 27.9 Å². The Balaban J connectivity index is 1.30. The second-order valence-corrected chi connectivity index (χ2v) is 8.84. The van der Waals surface area contributed by atoms with Gasteiger partial charge in [0.2, 0.25) is 11.5 Å². The lowest BCUT2D eigenvalue weighted by Gasteiger charge is -2.09. The van der Waals surface area contributed by atoms with Gasteiger partial charge in [-0.25, -0.2) is 4.79 Å². The van der Waals surface area contributed by atoms with Gasteiger partial charge in [-0.05, 0) is 55.5 Å². The van der Waals surface area contributed by atoms with Crippen molar-refractivity contribution in [1.29, 1.82) is 0 Å². The molecule has 172 valence electrons. The van der Waals surface area contributed by atoms with Crippen LogP contribution in [-0.4, -0.2) is 16.3 Å². The zero-order valence-electron chi connectivity index (χ0n) is 18.8. The summed E-state index contributed by atoms with van der Waals surface area (Å²) in [6.45, 7) is 1.74. The van der Waals surface area contributed by atoms with Crippen LogP contribution in [0.3, 0.4) is 0 Å². The highest BCUT2D eigenvalue weighted by molar-refractivity contribution is 6.31. The topological polar surface area (TPSA) is 70.7 Å². The molecule has 0 fully saturated rings. The van der Waals surface area contributed by atoms with Gasteiger partial charge in [0.15, 0.2) is 5.76 Å². The second-order valence-electron chi connectivity index (χ2n) is 8.40. The molecule has 2 aromatic heterocycles. The van der Waals surface area contributed by atoms with E-state index in [4.69, 9.17) is 25.5 Å². The first-order chi connectivity index (χ1) is 16.9. The number of furan rings is 1. The lowest BCUT2D eigenvalue weighted by Crippen LogP contribution is -2.08. The number of benzene rings is 3. The van der Waals surface area contributed by atoms with Gasteiger partial charge in [0.25, 0.3) is 0 Å². The van der Waals surface area contributed by atoms with Crippen LogP contribution in [0.1, 0.15) is 32.0 Å². The Hall–Kier alpha value is -4.29. The van der Waals surface area contributed by atoms with E-state index in [-0.39, 0.29) is 23.1 Å². The average Bonchev–Trinajstić information content (AvgIpc) is 3.51. The number of aromatic nitrogens is 1. The van der Waals surface area contributed by atoms with Crippen LogP contribution in [0.2, 0.25) is 5.02 Å². The van der Waals surface area contributed by atoms with Gasteiger partial charge in [0, 0.05) is 45.7 Å². The number of ketones is 1. The van der Waals surface area contributed by atoms with Crippen LogP contribution in [-0.2, 0) is 7.05 Å². The molecule has 0 spiro atoms. The van der Waals surface area contributed by atoms with Crippen LogP contribution in [0, 0.1) is 6.92 Å². The van der Waals surface area contributed by atoms with E-state index < -0.39 is 5.97 Å². The predicted molar refractivity (Wildman–Crippen MR) is 133 cm³/mol. The molecule has 0 unspecified atom stereocenters. The van der Waals surface area contributed by atoms with E-state index in [0.29, 0.717) is 32.9 Å². The standard InChI is InChI=1S/C28H18ClNO5/c1-15-22(35-28(32)25-12-16-11-18(29)7-9-23(16)33-25)10-8-20-26(31)24(34-27(15)20)13-17-14-30(2)21-6-4-3-5-19(17)21/h3-14H,1-2H3/b24-13-. The van der Waals surface area contributed by atoms with Crippen molar-refractivity contribution >= 4 is 51.3 Å². The lowest BCUT2D eigenvalue weighted by atomic mass is 10.1. The summed E-state index contributed by atoms with van der Waals surface area (Å²) in [5.41, 5.74) is 3.44. The Kier molecular flexibility index (Phi) is 4.79. The Morgan fingerprint density at radius 1 is 1.09 bits per heavy atom. The van der Waals surface area contributed by atoms with Crippen molar-refractivity contribution in [2.75, 3.05) is 0 Å². The van der Waals surface area contributed by atoms with Crippen LogP contribution in [0.4, 0.5) is 0 Å². The molecule has 35 heavy (non-hydrogen) atoms. The van der Waals surface area contributed by atoms with Crippen molar-refractivity contribution in [3.05, 3.63) is 100 Å². The van der Waals surface area contributed by atoms with Crippen molar-refractivity contribution < 1.29 is 23.5 Å². The summed E-state index contributed by atoms with van der Waals surface area (Å²) in [5.74, 6) is 0.0571. The molecule has 0 N–H and O–H groups in total. The summed E-state index contributed by atoms with van der Waals surface area (Å²) in [5, 5.41) is 2.27. The Bertz CT molecular complexity index is 1720. The number of Topliss-reactive ketones (excluding diaryl/α,β-unsaturated/α-hetero) is 1. The zero-order chi connectivity index (χ0) is 24.3. The highest BCUT2D eigenvalue weighted by atomic mass is 35.5. The van der Waals surface area contributed by atoms with Crippen LogP contribution in [0.15, 0.2) is 77.0 Å². The summed E-state index contributed by atoms with van der Waals surface area (Å²) < 4.78 is 19.2. The van der Waals surface area contributed by atoms with Gasteiger partial charge < -0.3 is 18.5 Å². The van der Waals surface area contributed by atoms with Gasteiger partial charge >= 0.3 is 5.97 Å². The number of halogens is 1. The molecule has 6 nitrogen and oxygen atoms in total. The maximum Gasteiger partial charge on any atom is 0.379 e. The van der Waals surface area contributed by atoms with Crippen LogP contribution in [0.5, 0.6) is 11.5 Å². The van der Waals surface area contributed by atoms with Crippen molar-refractivity contribution in [1.82, 2.24) is 4.57 Å². The first kappa shape index (κ1) is 21.3. The number of ether oxygens (including phenoxy) is 2. The highest BCUT2D eigenvalue weighted by Crippen LogP contribution is 2.40. The normalized spacial score (nSPS) is 14.0. The Morgan fingerprint density at radius 3 is 2.77 bits per heavy atom. The third-order valence-corrected chi connectivity index (χ3v) is 6.37. The molecule has 0 radical (unpaired) electrons. The molecule has 0 saturated heterocycles. The molecule has 0 atom stereocenters. The fourth-order valence-electron chi connectivity index (χ4n) is 4.37. The third kappa shape index (κ3) is 3.50. The SMILES string of the molecule is Cc1c(OC(=O)c2cc3cc(Cl)ccc3o2)ccc2c1O/C(=C\c1cn(C)c3ccccc13)C2=O. The quantitative estimate of drug-likeness (QED) is 0.162.